The monoisotopic (exact) mass is 377 g/mol. The van der Waals surface area contributed by atoms with Gasteiger partial charge in [-0.1, -0.05) is 67.7 Å². The van der Waals surface area contributed by atoms with Crippen molar-refractivity contribution in [2.75, 3.05) is 0 Å². The zero-order chi connectivity index (χ0) is 20.9. The second-order valence-corrected chi connectivity index (χ2v) is 10.4. The molecule has 0 bridgehead atoms. The van der Waals surface area contributed by atoms with Crippen molar-refractivity contribution < 1.29 is 9.90 Å². The molecule has 1 aliphatic rings. The van der Waals surface area contributed by atoms with Crippen LogP contribution in [0.3, 0.4) is 0 Å². The highest BCUT2D eigenvalue weighted by Gasteiger charge is 2.37. The first-order valence-electron chi connectivity index (χ1n) is 10.9. The highest BCUT2D eigenvalue weighted by Crippen LogP contribution is 2.39. The first kappa shape index (κ1) is 23.9. The van der Waals surface area contributed by atoms with E-state index in [9.17, 15) is 9.90 Å². The Bertz CT molecular complexity index is 583. The van der Waals surface area contributed by atoms with E-state index in [0.717, 1.165) is 37.8 Å². The molecule has 27 heavy (non-hydrogen) atoms. The Morgan fingerprint density at radius 3 is 2.19 bits per heavy atom. The number of nitrogens with zero attached hydrogens (tertiary/aromatic N) is 1. The molecule has 0 aliphatic heterocycles. The molecule has 0 aromatic carbocycles. The van der Waals surface area contributed by atoms with Gasteiger partial charge in [-0.05, 0) is 43.4 Å². The van der Waals surface area contributed by atoms with Crippen LogP contribution in [-0.2, 0) is 4.79 Å². The van der Waals surface area contributed by atoms with Gasteiger partial charge in [0.25, 0.3) is 0 Å². The average Bonchev–Trinajstić information content (AvgIpc) is 2.50. The number of aliphatic imine (C=N–C) groups is 1. The molecule has 3 nitrogen and oxygen atoms in total. The Labute approximate surface area is 167 Å². The first-order valence-corrected chi connectivity index (χ1v) is 10.9. The van der Waals surface area contributed by atoms with Crippen LogP contribution in [0.1, 0.15) is 113 Å². The van der Waals surface area contributed by atoms with Gasteiger partial charge in [-0.15, -0.1) is 0 Å². The van der Waals surface area contributed by atoms with Crippen molar-refractivity contribution in [1.82, 2.24) is 0 Å². The fourth-order valence-corrected chi connectivity index (χ4v) is 4.17. The topological polar surface area (TPSA) is 49.7 Å². The molecule has 0 heterocycles. The van der Waals surface area contributed by atoms with Gasteiger partial charge in [0.05, 0.1) is 16.8 Å². The lowest BCUT2D eigenvalue weighted by molar-refractivity contribution is -0.118. The number of carbonyl (C=O) groups is 1. The molecule has 156 valence electrons. The number of aliphatic hydroxyl groups is 1. The summed E-state index contributed by atoms with van der Waals surface area (Å²) >= 11 is 0. The zero-order valence-corrected chi connectivity index (χ0v) is 19.2. The molecule has 0 radical (unpaired) electrons. The molecule has 0 fully saturated rings. The van der Waals surface area contributed by atoms with E-state index in [0.29, 0.717) is 18.4 Å². The Morgan fingerprint density at radius 1 is 1.07 bits per heavy atom. The third kappa shape index (κ3) is 7.08. The number of ketones is 1. The third-order valence-corrected chi connectivity index (χ3v) is 5.95. The summed E-state index contributed by atoms with van der Waals surface area (Å²) in [4.78, 5) is 18.2. The maximum atomic E-state index is 13.0. The van der Waals surface area contributed by atoms with E-state index in [1.165, 1.54) is 12.8 Å². The summed E-state index contributed by atoms with van der Waals surface area (Å²) in [6, 6.07) is 0. The van der Waals surface area contributed by atoms with E-state index in [4.69, 9.17) is 4.99 Å². The molecular formula is C24H43NO2. The normalized spacial score (nSPS) is 20.7. The first-order chi connectivity index (χ1) is 12.4. The Hall–Kier alpha value is -1.12. The van der Waals surface area contributed by atoms with Gasteiger partial charge in [0.15, 0.2) is 5.78 Å². The van der Waals surface area contributed by atoms with E-state index >= 15 is 0 Å². The second kappa shape index (κ2) is 9.39. The van der Waals surface area contributed by atoms with Gasteiger partial charge in [-0.25, -0.2) is 0 Å². The van der Waals surface area contributed by atoms with Crippen molar-refractivity contribution in [1.29, 1.82) is 0 Å². The zero-order valence-electron chi connectivity index (χ0n) is 19.2. The number of hydrogen-bond acceptors (Lipinski definition) is 3. The van der Waals surface area contributed by atoms with Gasteiger partial charge >= 0.3 is 0 Å². The van der Waals surface area contributed by atoms with Crippen molar-refractivity contribution in [3.8, 4) is 0 Å². The Morgan fingerprint density at radius 2 is 1.70 bits per heavy atom. The second-order valence-electron chi connectivity index (χ2n) is 10.4. The van der Waals surface area contributed by atoms with Crippen molar-refractivity contribution in [2.45, 2.75) is 119 Å². The van der Waals surface area contributed by atoms with Gasteiger partial charge in [0, 0.05) is 12.8 Å². The van der Waals surface area contributed by atoms with Crippen LogP contribution in [0.2, 0.25) is 0 Å². The summed E-state index contributed by atoms with van der Waals surface area (Å²) in [5, 5.41) is 10.8. The lowest BCUT2D eigenvalue weighted by Gasteiger charge is -2.34. The van der Waals surface area contributed by atoms with Gasteiger partial charge in [-0.2, -0.15) is 0 Å². The predicted molar refractivity (Wildman–Crippen MR) is 117 cm³/mol. The van der Waals surface area contributed by atoms with Crippen LogP contribution in [0.15, 0.2) is 16.3 Å². The smallest absolute Gasteiger partial charge is 0.168 e. The van der Waals surface area contributed by atoms with Crippen molar-refractivity contribution in [3.63, 3.8) is 0 Å². The van der Waals surface area contributed by atoms with Crippen LogP contribution >= 0.6 is 0 Å². The Balaban J connectivity index is 3.40. The molecule has 1 atom stereocenters. The quantitative estimate of drug-likeness (QED) is 0.409. The number of rotatable bonds is 10. The maximum absolute atomic E-state index is 13.0. The lowest BCUT2D eigenvalue weighted by Crippen LogP contribution is -2.33. The van der Waals surface area contributed by atoms with Crippen molar-refractivity contribution >= 4 is 11.5 Å². The van der Waals surface area contributed by atoms with Crippen LogP contribution < -0.4 is 0 Å². The van der Waals surface area contributed by atoms with Crippen molar-refractivity contribution in [3.05, 3.63) is 11.3 Å². The molecule has 0 spiro atoms. The van der Waals surface area contributed by atoms with E-state index in [-0.39, 0.29) is 27.9 Å². The van der Waals surface area contributed by atoms with Gasteiger partial charge in [0.2, 0.25) is 0 Å². The SMILES string of the molecule is CCCCC(C)(C)CC(=NC(C)(CC)CCC)C1=C(O)CC(C)(C)CC1=O. The minimum atomic E-state index is -0.176. The van der Waals surface area contributed by atoms with Crippen LogP contribution in [-0.4, -0.2) is 22.1 Å². The maximum Gasteiger partial charge on any atom is 0.168 e. The molecule has 1 aliphatic carbocycles. The molecule has 3 heteroatoms. The number of carbonyl (C=O) groups excluding carboxylic acids is 1. The minimum absolute atomic E-state index is 0.0590. The number of aliphatic hydroxyl groups excluding tert-OH is 1. The molecular weight excluding hydrogens is 334 g/mol. The summed E-state index contributed by atoms with van der Waals surface area (Å²) in [6.45, 7) is 17.4. The van der Waals surface area contributed by atoms with Gasteiger partial charge in [-0.3, -0.25) is 9.79 Å². The van der Waals surface area contributed by atoms with Crippen LogP contribution in [0.25, 0.3) is 0 Å². The molecule has 1 unspecified atom stereocenters. The predicted octanol–water partition coefficient (Wildman–Crippen LogP) is 7.20. The number of hydrogen-bond donors (Lipinski definition) is 1. The van der Waals surface area contributed by atoms with E-state index < -0.39 is 0 Å². The fourth-order valence-electron chi connectivity index (χ4n) is 4.17. The largest absolute Gasteiger partial charge is 0.511 e. The highest BCUT2D eigenvalue weighted by molar-refractivity contribution is 6.23. The highest BCUT2D eigenvalue weighted by atomic mass is 16.3. The molecule has 0 amide bonds. The van der Waals surface area contributed by atoms with Crippen LogP contribution in [0, 0.1) is 10.8 Å². The van der Waals surface area contributed by atoms with E-state index in [2.05, 4.69) is 41.5 Å². The fraction of sp³-hybridized carbons (Fsp3) is 0.833. The van der Waals surface area contributed by atoms with E-state index in [1.54, 1.807) is 0 Å². The summed E-state index contributed by atoms with van der Waals surface area (Å²) in [5.41, 5.74) is 1.08. The number of allylic oxidation sites excluding steroid dienone is 2. The summed E-state index contributed by atoms with van der Waals surface area (Å²) < 4.78 is 0. The Kier molecular flexibility index (Phi) is 8.31. The standard InChI is InChI=1S/C24H43NO2/c1-9-12-14-22(4,5)15-18(25-24(8,11-3)13-10-2)21-19(26)16-23(6,7)17-20(21)27/h26H,9-17H2,1-8H3. The van der Waals surface area contributed by atoms with Gasteiger partial charge < -0.3 is 5.11 Å². The summed E-state index contributed by atoms with van der Waals surface area (Å²) in [6.07, 6.45) is 8.23. The number of Topliss-reactive ketones (excluding diaryl/α,β-unsaturated/α-hetero) is 1. The molecule has 0 aromatic heterocycles. The van der Waals surface area contributed by atoms with E-state index in [1.807, 2.05) is 13.8 Å². The molecule has 1 rings (SSSR count). The van der Waals surface area contributed by atoms with Gasteiger partial charge in [0.1, 0.15) is 5.76 Å². The molecule has 0 saturated carbocycles. The molecule has 0 aromatic rings. The summed E-state index contributed by atoms with van der Waals surface area (Å²) in [7, 11) is 0. The van der Waals surface area contributed by atoms with Crippen LogP contribution in [0.5, 0.6) is 0 Å². The number of unbranched alkanes of at least 4 members (excludes halogenated alkanes) is 1. The average molecular weight is 378 g/mol. The summed E-state index contributed by atoms with van der Waals surface area (Å²) in [5.74, 6) is 0.306. The lowest BCUT2D eigenvalue weighted by atomic mass is 9.73. The third-order valence-electron chi connectivity index (χ3n) is 5.95. The minimum Gasteiger partial charge on any atom is -0.511 e. The van der Waals surface area contributed by atoms with Crippen molar-refractivity contribution in [2.24, 2.45) is 15.8 Å². The molecule has 1 N–H and O–H groups in total. The molecule has 0 saturated heterocycles. The van der Waals surface area contributed by atoms with Crippen LogP contribution in [0.4, 0.5) is 0 Å².